The van der Waals surface area contributed by atoms with Gasteiger partial charge in [0.25, 0.3) is 0 Å². The van der Waals surface area contributed by atoms with Gasteiger partial charge in [0.1, 0.15) is 28.6 Å². The zero-order valence-electron chi connectivity index (χ0n) is 26.5. The second-order valence-corrected chi connectivity index (χ2v) is 14.2. The SMILES string of the molecule is CCc1c(F)ccc2cc(O)cc(-c3ncc4c(N5CC6CC(O)C(C6)C5)nc(OC[C@]56CCC[C@H]5N(C)CCC6)nc4c3F)c12. The number of aryl methyl sites for hydroxylation is 1. The number of aliphatic hydroxyl groups excluding tert-OH is 1. The van der Waals surface area contributed by atoms with Crippen LogP contribution in [0.15, 0.2) is 30.5 Å². The lowest BCUT2D eigenvalue weighted by Gasteiger charge is -2.44. The van der Waals surface area contributed by atoms with Crippen LogP contribution in [0.5, 0.6) is 11.8 Å². The quantitative estimate of drug-likeness (QED) is 0.259. The number of hydrogen-bond donors (Lipinski definition) is 2. The first-order valence-corrected chi connectivity index (χ1v) is 16.8. The fourth-order valence-corrected chi connectivity index (χ4v) is 9.34. The Bertz CT molecular complexity index is 1840. The molecule has 2 aliphatic carbocycles. The molecule has 4 fully saturated rings. The summed E-state index contributed by atoms with van der Waals surface area (Å²) in [5.41, 5.74) is 0.831. The Morgan fingerprint density at radius 1 is 1.09 bits per heavy atom. The maximum atomic E-state index is 16.9. The molecule has 46 heavy (non-hydrogen) atoms. The Morgan fingerprint density at radius 2 is 1.93 bits per heavy atom. The van der Waals surface area contributed by atoms with E-state index in [2.05, 4.69) is 26.8 Å². The van der Waals surface area contributed by atoms with Crippen LogP contribution in [0, 0.1) is 28.9 Å². The van der Waals surface area contributed by atoms with Gasteiger partial charge in [0.2, 0.25) is 0 Å². The van der Waals surface area contributed by atoms with Crippen molar-refractivity contribution in [3.05, 3.63) is 47.7 Å². The van der Waals surface area contributed by atoms with Crippen LogP contribution in [0.1, 0.15) is 57.4 Å². The van der Waals surface area contributed by atoms with E-state index >= 15 is 4.39 Å². The van der Waals surface area contributed by atoms with Crippen molar-refractivity contribution in [2.45, 2.75) is 70.4 Å². The van der Waals surface area contributed by atoms with E-state index in [0.717, 1.165) is 51.5 Å². The first-order valence-electron chi connectivity index (χ1n) is 16.8. The molecule has 242 valence electrons. The highest BCUT2D eigenvalue weighted by molar-refractivity contribution is 6.01. The van der Waals surface area contributed by atoms with Gasteiger partial charge in [0.05, 0.1) is 18.1 Å². The average Bonchev–Trinajstić information content (AvgIpc) is 3.60. The van der Waals surface area contributed by atoms with Crippen LogP contribution in [0.3, 0.4) is 0 Å². The lowest BCUT2D eigenvalue weighted by atomic mass is 9.76. The Labute approximate surface area is 267 Å². The minimum Gasteiger partial charge on any atom is -0.508 e. The summed E-state index contributed by atoms with van der Waals surface area (Å²) < 4.78 is 38.4. The molecule has 4 aromatic rings. The number of nitrogens with zero attached hydrogens (tertiary/aromatic N) is 5. The zero-order chi connectivity index (χ0) is 31.7. The third-order valence-corrected chi connectivity index (χ3v) is 11.5. The van der Waals surface area contributed by atoms with E-state index in [1.807, 2.05) is 6.92 Å². The van der Waals surface area contributed by atoms with Crippen LogP contribution < -0.4 is 9.64 Å². The Kier molecular flexibility index (Phi) is 7.28. The van der Waals surface area contributed by atoms with Crippen LogP contribution in [-0.2, 0) is 6.42 Å². The van der Waals surface area contributed by atoms with Gasteiger partial charge in [0.15, 0.2) is 5.82 Å². The van der Waals surface area contributed by atoms with E-state index < -0.39 is 5.82 Å². The molecule has 3 unspecified atom stereocenters. The summed E-state index contributed by atoms with van der Waals surface area (Å²) in [7, 11) is 2.19. The number of aromatic nitrogens is 3. The molecule has 4 aliphatic rings. The smallest absolute Gasteiger partial charge is 0.319 e. The van der Waals surface area contributed by atoms with Gasteiger partial charge in [-0.3, -0.25) is 4.98 Å². The van der Waals surface area contributed by atoms with Crippen molar-refractivity contribution in [1.82, 2.24) is 19.9 Å². The number of aromatic hydroxyl groups is 1. The number of hydrogen-bond acceptors (Lipinski definition) is 8. The second-order valence-electron chi connectivity index (χ2n) is 14.2. The Morgan fingerprint density at radius 3 is 2.76 bits per heavy atom. The van der Waals surface area contributed by atoms with E-state index in [-0.39, 0.29) is 46.2 Å². The third kappa shape index (κ3) is 4.78. The number of phenols is 1. The van der Waals surface area contributed by atoms with E-state index in [9.17, 15) is 14.6 Å². The number of fused-ring (bicyclic) bond motifs is 5. The van der Waals surface area contributed by atoms with Crippen LogP contribution >= 0.6 is 0 Å². The van der Waals surface area contributed by atoms with Gasteiger partial charge >= 0.3 is 6.01 Å². The van der Waals surface area contributed by atoms with Crippen molar-refractivity contribution < 1.29 is 23.7 Å². The van der Waals surface area contributed by atoms with E-state index in [1.165, 1.54) is 12.1 Å². The number of phenolic OH excluding ortho intramolecular Hbond substituents is 1. The third-order valence-electron chi connectivity index (χ3n) is 11.5. The summed E-state index contributed by atoms with van der Waals surface area (Å²) >= 11 is 0. The largest absolute Gasteiger partial charge is 0.508 e. The molecular weight excluding hydrogens is 588 g/mol. The molecule has 0 spiro atoms. The number of piperidine rings is 2. The number of anilines is 1. The van der Waals surface area contributed by atoms with Crippen molar-refractivity contribution in [1.29, 1.82) is 0 Å². The molecule has 2 aromatic carbocycles. The van der Waals surface area contributed by atoms with Gasteiger partial charge in [-0.05, 0) is 99.0 Å². The molecule has 10 heteroatoms. The lowest BCUT2D eigenvalue weighted by molar-refractivity contribution is 0.0133. The normalized spacial score (nSPS) is 27.9. The van der Waals surface area contributed by atoms with E-state index in [1.54, 1.807) is 18.3 Å². The number of likely N-dealkylation sites (tertiary alicyclic amines) is 1. The number of pyridine rings is 1. The molecule has 2 aliphatic heterocycles. The van der Waals surface area contributed by atoms with Crippen molar-refractivity contribution in [3.8, 4) is 23.0 Å². The van der Waals surface area contributed by atoms with Crippen LogP contribution in [0.4, 0.5) is 14.6 Å². The monoisotopic (exact) mass is 629 g/mol. The van der Waals surface area contributed by atoms with Crippen LogP contribution in [0.2, 0.25) is 0 Å². The molecule has 8 nitrogen and oxygen atoms in total. The number of aliphatic hydroxyl groups is 1. The van der Waals surface area contributed by atoms with E-state index in [4.69, 9.17) is 9.72 Å². The Hall–Kier alpha value is -3.63. The highest BCUT2D eigenvalue weighted by Gasteiger charge is 2.47. The molecule has 8 rings (SSSR count). The molecule has 0 radical (unpaired) electrons. The fourth-order valence-electron chi connectivity index (χ4n) is 9.34. The molecule has 2 aromatic heterocycles. The molecular formula is C36H41F2N5O3. The number of halogens is 2. The predicted molar refractivity (Wildman–Crippen MR) is 173 cm³/mol. The van der Waals surface area contributed by atoms with Crippen molar-refractivity contribution in [3.63, 3.8) is 0 Å². The molecule has 2 bridgehead atoms. The summed E-state index contributed by atoms with van der Waals surface area (Å²) in [6.07, 6.45) is 8.92. The maximum Gasteiger partial charge on any atom is 0.319 e. The van der Waals surface area contributed by atoms with Gasteiger partial charge in [-0.2, -0.15) is 9.97 Å². The summed E-state index contributed by atoms with van der Waals surface area (Å²) in [5, 5.41) is 22.8. The van der Waals surface area contributed by atoms with Crippen LogP contribution in [-0.4, -0.2) is 75.5 Å². The molecule has 4 heterocycles. The maximum absolute atomic E-state index is 16.9. The molecule has 0 amide bonds. The highest BCUT2D eigenvalue weighted by atomic mass is 19.1. The van der Waals surface area contributed by atoms with Crippen molar-refractivity contribution in [2.75, 3.05) is 38.2 Å². The molecule has 2 saturated heterocycles. The topological polar surface area (TPSA) is 94.8 Å². The average molecular weight is 630 g/mol. The number of rotatable bonds is 6. The highest BCUT2D eigenvalue weighted by Crippen LogP contribution is 2.48. The number of benzene rings is 2. The summed E-state index contributed by atoms with van der Waals surface area (Å²) in [6, 6.07) is 6.54. The van der Waals surface area contributed by atoms with Gasteiger partial charge in [-0.25, -0.2) is 8.78 Å². The van der Waals surface area contributed by atoms with Crippen molar-refractivity contribution in [2.24, 2.45) is 17.3 Å². The number of ether oxygens (including phenoxy) is 1. The summed E-state index contributed by atoms with van der Waals surface area (Å²) in [5.74, 6) is -0.0970. The lowest BCUT2D eigenvalue weighted by Crippen LogP contribution is -2.50. The summed E-state index contributed by atoms with van der Waals surface area (Å²) in [6.45, 7) is 4.71. The standard InChI is InChI=1S/C36H41F2N5O3/c1-3-24-27(37)8-7-21-14-23(44)15-25(30(21)24)32-31(38)33-26(16-39-32)34(43-17-20-12-22(18-43)28(45)13-20)41-35(40-33)46-19-36-9-4-6-29(36)42(2)11-5-10-36/h7-8,14-16,20,22,28-29,44-45H,3-6,9-13,17-19H2,1-2H3/t20?,22?,28?,29-,36-/m1/s1. The van der Waals surface area contributed by atoms with Crippen molar-refractivity contribution >= 4 is 27.5 Å². The minimum atomic E-state index is -0.668. The Balaban J connectivity index is 1.27. The van der Waals surface area contributed by atoms with Gasteiger partial charge < -0.3 is 24.7 Å². The summed E-state index contributed by atoms with van der Waals surface area (Å²) in [4.78, 5) is 18.8. The second kappa shape index (κ2) is 11.3. The predicted octanol–water partition coefficient (Wildman–Crippen LogP) is 6.24. The van der Waals surface area contributed by atoms with Gasteiger partial charge in [0, 0.05) is 42.2 Å². The van der Waals surface area contributed by atoms with Crippen LogP contribution in [0.25, 0.3) is 32.9 Å². The zero-order valence-corrected chi connectivity index (χ0v) is 26.5. The fraction of sp³-hybridized carbons (Fsp3) is 0.528. The molecule has 2 N–H and O–H groups in total. The first kappa shape index (κ1) is 29.8. The molecule has 5 atom stereocenters. The van der Waals surface area contributed by atoms with Gasteiger partial charge in [-0.15, -0.1) is 0 Å². The minimum absolute atomic E-state index is 0.0122. The first-order chi connectivity index (χ1) is 22.2. The van der Waals surface area contributed by atoms with E-state index in [0.29, 0.717) is 71.2 Å². The van der Waals surface area contributed by atoms with Gasteiger partial charge in [-0.1, -0.05) is 19.4 Å². The molecule has 2 saturated carbocycles.